The van der Waals surface area contributed by atoms with Gasteiger partial charge in [-0.15, -0.1) is 0 Å². The van der Waals surface area contributed by atoms with Crippen LogP contribution in [0.4, 0.5) is 0 Å². The second kappa shape index (κ2) is 7.57. The van der Waals surface area contributed by atoms with E-state index in [0.717, 1.165) is 27.0 Å². The molecule has 5 nitrogen and oxygen atoms in total. The van der Waals surface area contributed by atoms with Crippen molar-refractivity contribution in [1.82, 2.24) is 9.55 Å². The minimum Gasteiger partial charge on any atom is -0.382 e. The average Bonchev–Trinajstić information content (AvgIpc) is 3.10. The summed E-state index contributed by atoms with van der Waals surface area (Å²) in [6.07, 6.45) is 0.683. The Morgan fingerprint density at radius 2 is 2.03 bits per heavy atom. The smallest absolute Gasteiger partial charge is 0.260 e. The van der Waals surface area contributed by atoms with E-state index in [1.54, 1.807) is 10.6 Å². The third-order valence-corrected chi connectivity index (χ3v) is 5.45. The molecule has 0 saturated heterocycles. The van der Waals surface area contributed by atoms with Gasteiger partial charge in [-0.1, -0.05) is 30.8 Å². The maximum absolute atomic E-state index is 13.4. The van der Waals surface area contributed by atoms with Crippen LogP contribution in [-0.2, 0) is 11.3 Å². The molecule has 5 heteroatoms. The molecule has 0 saturated carbocycles. The van der Waals surface area contributed by atoms with Gasteiger partial charge in [0.15, 0.2) is 0 Å². The van der Waals surface area contributed by atoms with Gasteiger partial charge in [-0.05, 0) is 43.4 Å². The molecule has 146 valence electrons. The zero-order valence-corrected chi connectivity index (χ0v) is 16.7. The number of aryl methyl sites for hydroxylation is 1. The Bertz CT molecular complexity index is 1450. The molecule has 0 amide bonds. The molecule has 0 aliphatic rings. The van der Waals surface area contributed by atoms with Crippen LogP contribution in [0.15, 0.2) is 41.2 Å². The van der Waals surface area contributed by atoms with Gasteiger partial charge in [0.2, 0.25) is 0 Å². The number of pyridine rings is 1. The molecule has 0 bridgehead atoms. The lowest BCUT2D eigenvalue weighted by Gasteiger charge is -2.08. The molecule has 0 fully saturated rings. The second-order valence-electron chi connectivity index (χ2n) is 7.20. The molecular weight excluding hydrogens is 362 g/mol. The number of nitrogens with one attached hydrogen (secondary N) is 1. The first-order chi connectivity index (χ1) is 14.1. The van der Waals surface area contributed by atoms with Gasteiger partial charge in [-0.2, -0.15) is 5.26 Å². The quantitative estimate of drug-likeness (QED) is 0.535. The van der Waals surface area contributed by atoms with Crippen LogP contribution in [-0.4, -0.2) is 22.8 Å². The van der Waals surface area contributed by atoms with Gasteiger partial charge < -0.3 is 14.3 Å². The van der Waals surface area contributed by atoms with Gasteiger partial charge in [0.05, 0.1) is 21.5 Å². The van der Waals surface area contributed by atoms with Gasteiger partial charge in [-0.3, -0.25) is 4.79 Å². The van der Waals surface area contributed by atoms with E-state index >= 15 is 0 Å². The first-order valence-corrected chi connectivity index (χ1v) is 9.81. The maximum atomic E-state index is 13.4. The molecule has 29 heavy (non-hydrogen) atoms. The molecule has 0 unspecified atom stereocenters. The Balaban J connectivity index is 2.09. The van der Waals surface area contributed by atoms with E-state index in [2.05, 4.69) is 36.7 Å². The summed E-state index contributed by atoms with van der Waals surface area (Å²) in [7, 11) is 0. The highest BCUT2D eigenvalue weighted by molar-refractivity contribution is 6.10. The lowest BCUT2D eigenvalue weighted by atomic mass is 10.0. The normalized spacial score (nSPS) is 12.6. The van der Waals surface area contributed by atoms with E-state index in [0.29, 0.717) is 42.3 Å². The van der Waals surface area contributed by atoms with Crippen LogP contribution < -0.4 is 10.9 Å². The van der Waals surface area contributed by atoms with E-state index < -0.39 is 0 Å². The number of benzene rings is 2. The first-order valence-electron chi connectivity index (χ1n) is 9.81. The van der Waals surface area contributed by atoms with E-state index in [9.17, 15) is 10.1 Å². The topological polar surface area (TPSA) is 70.8 Å². The number of aromatic amines is 1. The highest BCUT2D eigenvalue weighted by atomic mass is 16.5. The van der Waals surface area contributed by atoms with Crippen molar-refractivity contribution in [1.29, 1.82) is 5.26 Å². The summed E-state index contributed by atoms with van der Waals surface area (Å²) in [5.41, 5.74) is 2.43. The third-order valence-electron chi connectivity index (χ3n) is 5.45. The predicted octanol–water partition coefficient (Wildman–Crippen LogP) is 3.51. The van der Waals surface area contributed by atoms with E-state index in [-0.39, 0.29) is 5.56 Å². The summed E-state index contributed by atoms with van der Waals surface area (Å²) in [4.78, 5) is 16.8. The average molecular weight is 385 g/mol. The summed E-state index contributed by atoms with van der Waals surface area (Å²) in [6, 6.07) is 14.1. The van der Waals surface area contributed by atoms with Crippen LogP contribution in [0, 0.1) is 28.8 Å². The number of hydrogen-bond acceptors (Lipinski definition) is 3. The van der Waals surface area contributed by atoms with Gasteiger partial charge in [0.25, 0.3) is 5.56 Å². The van der Waals surface area contributed by atoms with Crippen molar-refractivity contribution >= 4 is 28.3 Å². The van der Waals surface area contributed by atoms with Gasteiger partial charge >= 0.3 is 0 Å². The Hall–Kier alpha value is -3.36. The summed E-state index contributed by atoms with van der Waals surface area (Å²) in [5.74, 6) is 0. The molecule has 2 heterocycles. The van der Waals surface area contributed by atoms with Gasteiger partial charge in [-0.25, -0.2) is 0 Å². The van der Waals surface area contributed by atoms with E-state index in [1.807, 2.05) is 25.1 Å². The molecule has 0 spiro atoms. The van der Waals surface area contributed by atoms with Gasteiger partial charge in [0.1, 0.15) is 6.07 Å². The molecule has 0 radical (unpaired) electrons. The summed E-state index contributed by atoms with van der Waals surface area (Å²) < 4.78 is 6.99. The molecule has 2 aromatic heterocycles. The third kappa shape index (κ3) is 3.12. The minimum atomic E-state index is -0.144. The van der Waals surface area contributed by atoms with E-state index in [1.165, 1.54) is 5.56 Å². The molecular formula is C24H23N3O2. The number of hydrogen-bond donors (Lipinski definition) is 1. The molecule has 4 rings (SSSR count). The van der Waals surface area contributed by atoms with Crippen molar-refractivity contribution in [3.05, 3.63) is 73.8 Å². The van der Waals surface area contributed by atoms with Crippen LogP contribution in [0.25, 0.3) is 28.3 Å². The predicted molar refractivity (Wildman–Crippen MR) is 115 cm³/mol. The van der Waals surface area contributed by atoms with Crippen LogP contribution >= 0.6 is 0 Å². The number of rotatable bonds is 5. The first kappa shape index (κ1) is 19.0. The largest absolute Gasteiger partial charge is 0.382 e. The zero-order chi connectivity index (χ0) is 20.5. The Morgan fingerprint density at radius 1 is 1.24 bits per heavy atom. The standard InChI is InChI=1S/C24H23N3O2/c1-4-29-12-6-11-27-16(3)17(14-25)13-20(24(27)28)23-19-8-5-7-18-15(2)9-10-21(26-23)22(18)19/h5,7-10,13,26H,3-4,6,11-12H2,1-2H3/b23-20+. The fourth-order valence-corrected chi connectivity index (χ4v) is 3.96. The molecule has 4 aromatic rings. The number of nitrogens with zero attached hydrogens (tertiary/aromatic N) is 2. The second-order valence-corrected chi connectivity index (χ2v) is 7.20. The van der Waals surface area contributed by atoms with Crippen LogP contribution in [0.5, 0.6) is 0 Å². The number of nitriles is 1. The molecule has 0 aliphatic carbocycles. The Morgan fingerprint density at radius 3 is 2.79 bits per heavy atom. The van der Waals surface area contributed by atoms with Gasteiger partial charge in [0, 0.05) is 36.0 Å². The summed E-state index contributed by atoms with van der Waals surface area (Å²) >= 11 is 0. The van der Waals surface area contributed by atoms with Crippen molar-refractivity contribution in [2.75, 3.05) is 13.2 Å². The summed E-state index contributed by atoms with van der Waals surface area (Å²) in [5, 5.41) is 14.6. The van der Waals surface area contributed by atoms with Crippen molar-refractivity contribution in [3.63, 3.8) is 0 Å². The maximum Gasteiger partial charge on any atom is 0.260 e. The Kier molecular flexibility index (Phi) is 4.96. The van der Waals surface area contributed by atoms with E-state index in [4.69, 9.17) is 4.74 Å². The van der Waals surface area contributed by atoms with Crippen LogP contribution in [0.2, 0.25) is 0 Å². The minimum absolute atomic E-state index is 0.144. The highest BCUT2D eigenvalue weighted by Gasteiger charge is 2.11. The van der Waals surface area contributed by atoms with Crippen molar-refractivity contribution < 1.29 is 4.74 Å². The lowest BCUT2D eigenvalue weighted by molar-refractivity contribution is 0.141. The molecule has 0 aliphatic heterocycles. The zero-order valence-electron chi connectivity index (χ0n) is 16.7. The van der Waals surface area contributed by atoms with Crippen molar-refractivity contribution in [3.8, 4) is 6.07 Å². The summed E-state index contributed by atoms with van der Waals surface area (Å²) in [6.45, 7) is 9.66. The monoisotopic (exact) mass is 385 g/mol. The SMILES string of the molecule is C=c1c(C#N)c/c(=c2\[nH]c3ccc(C)c4cccc2c34)c(=O)n1CCCOCC. The van der Waals surface area contributed by atoms with Crippen molar-refractivity contribution in [2.45, 2.75) is 26.8 Å². The number of aromatic nitrogens is 2. The molecule has 1 N–H and O–H groups in total. The number of H-pyrrole nitrogens is 1. The fourth-order valence-electron chi connectivity index (χ4n) is 3.96. The molecule has 0 atom stereocenters. The molecule has 2 aromatic carbocycles. The Labute approximate surface area is 168 Å². The van der Waals surface area contributed by atoms with Crippen LogP contribution in [0.1, 0.15) is 24.5 Å². The van der Waals surface area contributed by atoms with Crippen LogP contribution in [0.3, 0.4) is 0 Å². The lowest BCUT2D eigenvalue weighted by Crippen LogP contribution is -2.35. The number of ether oxygens (including phenoxy) is 1. The highest BCUT2D eigenvalue weighted by Crippen LogP contribution is 2.29. The van der Waals surface area contributed by atoms with Crippen molar-refractivity contribution in [2.24, 2.45) is 0 Å². The fraction of sp³-hybridized carbons (Fsp3) is 0.250.